The van der Waals surface area contributed by atoms with Gasteiger partial charge in [-0.05, 0) is 50.1 Å². The van der Waals surface area contributed by atoms with E-state index in [0.29, 0.717) is 90.4 Å². The van der Waals surface area contributed by atoms with Gasteiger partial charge in [0.25, 0.3) is 0 Å². The van der Waals surface area contributed by atoms with E-state index in [4.69, 9.17) is 19.7 Å². The molecule has 6 bridgehead atoms. The Labute approximate surface area is 336 Å². The van der Waals surface area contributed by atoms with Gasteiger partial charge in [0.05, 0.1) is 53.6 Å². The van der Waals surface area contributed by atoms with Crippen LogP contribution in [0.15, 0.2) is 54.7 Å². The van der Waals surface area contributed by atoms with Gasteiger partial charge in [0.1, 0.15) is 40.8 Å². The maximum absolute atomic E-state index is 15.4. The molecule has 0 saturated carbocycles. The Morgan fingerprint density at radius 1 is 0.949 bits per heavy atom. The number of rotatable bonds is 5. The van der Waals surface area contributed by atoms with Crippen LogP contribution < -0.4 is 15.1 Å². The first-order valence-electron chi connectivity index (χ1n) is 19.6. The first kappa shape index (κ1) is 37.0. The Hall–Kier alpha value is -6.32. The molecule has 59 heavy (non-hydrogen) atoms. The van der Waals surface area contributed by atoms with E-state index in [2.05, 4.69) is 31.3 Å². The van der Waals surface area contributed by atoms with Crippen molar-refractivity contribution >= 4 is 45.6 Å². The predicted molar refractivity (Wildman–Crippen MR) is 213 cm³/mol. The van der Waals surface area contributed by atoms with Gasteiger partial charge in [0, 0.05) is 76.2 Å². The van der Waals surface area contributed by atoms with E-state index in [1.165, 1.54) is 28.9 Å². The number of anilines is 3. The summed E-state index contributed by atoms with van der Waals surface area (Å²) in [7, 11) is 3.35. The quantitative estimate of drug-likeness (QED) is 0.248. The summed E-state index contributed by atoms with van der Waals surface area (Å²) in [5.41, 5.74) is 2.68. The molecular weight excluding hydrogens is 764 g/mol. The van der Waals surface area contributed by atoms with Crippen LogP contribution in [-0.4, -0.2) is 127 Å². The molecule has 10 rings (SSSR count). The van der Waals surface area contributed by atoms with Crippen LogP contribution in [0.5, 0.6) is 0 Å². The molecular formula is C41H40F3N13O2. The van der Waals surface area contributed by atoms with E-state index in [1.807, 2.05) is 34.6 Å². The number of likely N-dealkylation sites (N-methyl/N-ethyl adjacent to an activating group) is 1. The van der Waals surface area contributed by atoms with Crippen molar-refractivity contribution in [3.05, 3.63) is 78.0 Å². The number of nitrogens with zero attached hydrogens (tertiary/aromatic N) is 12. The lowest BCUT2D eigenvalue weighted by atomic mass is 9.88. The first-order valence-corrected chi connectivity index (χ1v) is 19.6. The zero-order valence-corrected chi connectivity index (χ0v) is 32.6. The van der Waals surface area contributed by atoms with Crippen LogP contribution in [0.2, 0.25) is 0 Å². The number of hydrogen-bond donors (Lipinski definition) is 1. The highest BCUT2D eigenvalue weighted by molar-refractivity contribution is 5.94. The summed E-state index contributed by atoms with van der Waals surface area (Å²) in [5, 5.41) is 18.0. The first-order chi connectivity index (χ1) is 28.6. The molecule has 5 atom stereocenters. The van der Waals surface area contributed by atoms with Gasteiger partial charge in [0.2, 0.25) is 11.9 Å². The number of nitrogens with one attached hydrogen (secondary N) is 1. The van der Waals surface area contributed by atoms with Gasteiger partial charge >= 0.3 is 0 Å². The number of imidazole rings is 1. The van der Waals surface area contributed by atoms with Gasteiger partial charge in [-0.15, -0.1) is 0 Å². The Morgan fingerprint density at radius 3 is 2.56 bits per heavy atom. The van der Waals surface area contributed by atoms with Crippen molar-refractivity contribution in [1.82, 2.24) is 44.1 Å². The third-order valence-corrected chi connectivity index (χ3v) is 12.1. The summed E-state index contributed by atoms with van der Waals surface area (Å²) >= 11 is 0. The monoisotopic (exact) mass is 803 g/mol. The summed E-state index contributed by atoms with van der Waals surface area (Å²) in [5.74, 6) is -0.0709. The SMILES string of the molecule is CO[C@H]1CN(C)C(=O)[C@@H]2C[C@@H](CN2c2nc(N3C4CC3CN(CC#N)C4)nc3c2cnn3-c2ccc(F)cc2F)Nc2cccc(n2)-c2cc(F)cc3nc(C)n(c23)C1. The van der Waals surface area contributed by atoms with Crippen molar-refractivity contribution in [2.24, 2.45) is 0 Å². The fourth-order valence-electron chi connectivity index (χ4n) is 9.41. The number of nitriles is 1. The van der Waals surface area contributed by atoms with Crippen LogP contribution in [0.4, 0.5) is 30.8 Å². The number of benzene rings is 2. The Kier molecular flexibility index (Phi) is 8.90. The average Bonchev–Trinajstić information content (AvgIpc) is 3.91. The maximum atomic E-state index is 15.4. The number of carbonyl (C=O) groups excluding carboxylic acids is 1. The average molecular weight is 804 g/mol. The lowest BCUT2D eigenvalue weighted by molar-refractivity contribution is -0.132. The highest BCUT2D eigenvalue weighted by Gasteiger charge is 2.47. The van der Waals surface area contributed by atoms with Crippen LogP contribution >= 0.6 is 0 Å². The van der Waals surface area contributed by atoms with E-state index in [0.717, 1.165) is 18.0 Å². The molecule has 15 nitrogen and oxygen atoms in total. The number of aryl methyl sites for hydroxylation is 1. The van der Waals surface area contributed by atoms with Crippen molar-refractivity contribution in [2.75, 3.05) is 62.0 Å². The van der Waals surface area contributed by atoms with Crippen LogP contribution in [0.1, 0.15) is 18.7 Å². The van der Waals surface area contributed by atoms with Crippen LogP contribution in [-0.2, 0) is 16.1 Å². The van der Waals surface area contributed by atoms with Crippen LogP contribution in [0, 0.1) is 35.7 Å². The smallest absolute Gasteiger partial charge is 0.245 e. The molecule has 2 aromatic carbocycles. The zero-order valence-electron chi connectivity index (χ0n) is 32.6. The highest BCUT2D eigenvalue weighted by Crippen LogP contribution is 2.40. The van der Waals surface area contributed by atoms with E-state index in [1.54, 1.807) is 25.3 Å². The summed E-state index contributed by atoms with van der Waals surface area (Å²) in [6.45, 7) is 4.39. The zero-order chi connectivity index (χ0) is 40.7. The number of pyridine rings is 1. The minimum absolute atomic E-state index is 0.0131. The van der Waals surface area contributed by atoms with Gasteiger partial charge in [-0.2, -0.15) is 20.3 Å². The minimum atomic E-state index is -0.808. The fraction of sp³-hybridized carbons (Fsp3) is 0.390. The largest absolute Gasteiger partial charge is 0.378 e. The molecule has 0 aliphatic carbocycles. The van der Waals surface area contributed by atoms with E-state index < -0.39 is 29.6 Å². The molecule has 4 aliphatic heterocycles. The topological polar surface area (TPSA) is 149 Å². The number of piperidine rings is 1. The van der Waals surface area contributed by atoms with Gasteiger partial charge in [-0.25, -0.2) is 27.8 Å². The number of likely N-dealkylation sites (tertiary alicyclic amines) is 1. The van der Waals surface area contributed by atoms with Crippen molar-refractivity contribution in [1.29, 1.82) is 5.26 Å². The third-order valence-electron chi connectivity index (χ3n) is 12.1. The van der Waals surface area contributed by atoms with E-state index in [9.17, 15) is 14.4 Å². The molecule has 3 fully saturated rings. The molecule has 302 valence electrons. The van der Waals surface area contributed by atoms with Crippen molar-refractivity contribution < 1.29 is 22.7 Å². The summed E-state index contributed by atoms with van der Waals surface area (Å²) in [6.07, 6.45) is 2.37. The predicted octanol–water partition coefficient (Wildman–Crippen LogP) is 4.29. The summed E-state index contributed by atoms with van der Waals surface area (Å²) in [4.78, 5) is 42.5. The molecule has 4 aliphatic rings. The standard InChI is InChI=1S/C41H40F3N13O2/c1-22-47-33-13-24(43)11-29-32-5-4-6-36(49-32)48-25-14-35(40(58)52(2)20-28(59-3)21-54(22)37(29)33)55(17-25)38-30-16-46-57(34-8-7-23(42)12-31(34)44)39(30)51-41(50-38)56-26-15-27(56)19-53(18-26)10-9-45/h4-8,11-13,16,25-28,35H,10,14-15,17-21H2,1-3H3,(H,48,49)/t25-,26?,27?,28-,35-/m0/s1. The molecule has 2 unspecified atom stereocenters. The number of methoxy groups -OCH3 is 1. The number of halogens is 3. The van der Waals surface area contributed by atoms with Crippen LogP contribution in [0.3, 0.4) is 0 Å². The molecule has 4 aromatic heterocycles. The van der Waals surface area contributed by atoms with Crippen molar-refractivity contribution in [3.8, 4) is 23.0 Å². The Balaban J connectivity index is 1.09. The Morgan fingerprint density at radius 2 is 1.78 bits per heavy atom. The van der Waals surface area contributed by atoms with Crippen molar-refractivity contribution in [3.63, 3.8) is 0 Å². The van der Waals surface area contributed by atoms with Gasteiger partial charge in [-0.3, -0.25) is 9.69 Å². The molecule has 0 spiro atoms. The fourth-order valence-corrected chi connectivity index (χ4v) is 9.41. The number of amides is 1. The molecule has 3 saturated heterocycles. The maximum Gasteiger partial charge on any atom is 0.245 e. The second kappa shape index (κ2) is 14.2. The number of piperazine rings is 1. The van der Waals surface area contributed by atoms with E-state index in [-0.39, 0.29) is 36.3 Å². The van der Waals surface area contributed by atoms with Gasteiger partial charge < -0.3 is 29.3 Å². The molecule has 1 amide bonds. The number of fused-ring (bicyclic) bond motifs is 8. The summed E-state index contributed by atoms with van der Waals surface area (Å²) in [6, 6.07) is 13.0. The normalized spacial score (nSPS) is 23.2. The van der Waals surface area contributed by atoms with Crippen LogP contribution in [0.25, 0.3) is 39.0 Å². The Bertz CT molecular complexity index is 2680. The molecule has 1 N–H and O–H groups in total. The second-order valence-corrected chi connectivity index (χ2v) is 15.9. The lowest BCUT2D eigenvalue weighted by Gasteiger charge is -2.56. The van der Waals surface area contributed by atoms with Crippen molar-refractivity contribution in [2.45, 2.75) is 56.6 Å². The van der Waals surface area contributed by atoms with Gasteiger partial charge in [-0.1, -0.05) is 6.07 Å². The van der Waals surface area contributed by atoms with E-state index >= 15 is 8.78 Å². The highest BCUT2D eigenvalue weighted by atomic mass is 19.1. The molecule has 18 heteroatoms. The summed E-state index contributed by atoms with van der Waals surface area (Å²) < 4.78 is 53.9. The number of ether oxygens (including phenoxy) is 1. The number of hydrogen-bond acceptors (Lipinski definition) is 12. The molecule has 6 aromatic rings. The number of aromatic nitrogens is 7. The second-order valence-electron chi connectivity index (χ2n) is 15.9. The van der Waals surface area contributed by atoms with Gasteiger partial charge in [0.15, 0.2) is 11.5 Å². The minimum Gasteiger partial charge on any atom is -0.378 e. The number of carbonyl (C=O) groups is 1. The third kappa shape index (κ3) is 6.27. The molecule has 8 heterocycles. The lowest BCUT2D eigenvalue weighted by Crippen LogP contribution is -2.69. The molecule has 0 radical (unpaired) electrons.